The Hall–Kier alpha value is -4.45. The van der Waals surface area contributed by atoms with Crippen LogP contribution in [0.25, 0.3) is 16.4 Å². The molecule has 31 heavy (non-hydrogen) atoms. The van der Waals surface area contributed by atoms with Crippen molar-refractivity contribution in [3.05, 3.63) is 60.7 Å². The van der Waals surface area contributed by atoms with Crippen LogP contribution in [0.3, 0.4) is 0 Å². The quantitative estimate of drug-likeness (QED) is 0.348. The minimum Gasteiger partial charge on any atom is -0.497 e. The molecular weight excluding hydrogens is 398 g/mol. The summed E-state index contributed by atoms with van der Waals surface area (Å²) in [4.78, 5) is 29.0. The SMILES string of the molecule is COc1ccc2cn(C[C@@]3(C#Cc4cnc5ccccn45)NC(=O)NC3=O)c(O)c2c1. The molecule has 5 rings (SSSR count). The first kappa shape index (κ1) is 18.6. The van der Waals surface area contributed by atoms with E-state index in [1.54, 1.807) is 42.1 Å². The molecule has 4 heterocycles. The van der Waals surface area contributed by atoms with Gasteiger partial charge < -0.3 is 19.7 Å². The van der Waals surface area contributed by atoms with E-state index in [9.17, 15) is 14.7 Å². The molecule has 0 saturated carbocycles. The summed E-state index contributed by atoms with van der Waals surface area (Å²) in [6.07, 6.45) is 5.10. The Balaban J connectivity index is 1.58. The predicted molar refractivity (Wildman–Crippen MR) is 112 cm³/mol. The molecule has 1 aromatic carbocycles. The zero-order chi connectivity index (χ0) is 21.6. The number of ether oxygens (including phenoxy) is 1. The molecule has 3 aromatic heterocycles. The third-order valence-electron chi connectivity index (χ3n) is 5.24. The Labute approximate surface area is 176 Å². The lowest BCUT2D eigenvalue weighted by Crippen LogP contribution is -2.49. The number of methoxy groups -OCH3 is 1. The molecule has 0 radical (unpaired) electrons. The van der Waals surface area contributed by atoms with E-state index in [4.69, 9.17) is 4.74 Å². The van der Waals surface area contributed by atoms with Crippen molar-refractivity contribution in [2.45, 2.75) is 12.1 Å². The highest BCUT2D eigenvalue weighted by Crippen LogP contribution is 2.32. The summed E-state index contributed by atoms with van der Waals surface area (Å²) in [5.41, 5.74) is -0.286. The standard InChI is InChI=1S/C22H17N5O4/c1-31-16-6-5-14-12-26(19(28)17(14)10-16)13-22(20(29)24-21(30)25-22)8-7-15-11-23-18-4-2-3-9-27(15)18/h2-6,9-12,28H,13H2,1H3,(H2,24,25,29,30)/t22-/m1/s1. The minimum atomic E-state index is -1.56. The van der Waals surface area contributed by atoms with Crippen molar-refractivity contribution in [2.24, 2.45) is 0 Å². The van der Waals surface area contributed by atoms with Crippen LogP contribution in [0.1, 0.15) is 5.69 Å². The average Bonchev–Trinajstić information content (AvgIpc) is 3.41. The third-order valence-corrected chi connectivity index (χ3v) is 5.24. The van der Waals surface area contributed by atoms with Gasteiger partial charge in [0.2, 0.25) is 5.54 Å². The molecule has 1 aliphatic rings. The maximum Gasteiger partial charge on any atom is 0.323 e. The fourth-order valence-electron chi connectivity index (χ4n) is 3.65. The molecule has 9 heteroatoms. The van der Waals surface area contributed by atoms with Gasteiger partial charge in [0, 0.05) is 23.2 Å². The van der Waals surface area contributed by atoms with Gasteiger partial charge in [-0.1, -0.05) is 12.0 Å². The van der Waals surface area contributed by atoms with E-state index in [0.717, 1.165) is 5.39 Å². The van der Waals surface area contributed by atoms with Crippen LogP contribution in [-0.4, -0.2) is 43.6 Å². The summed E-state index contributed by atoms with van der Waals surface area (Å²) >= 11 is 0. The number of imide groups is 1. The number of nitrogens with zero attached hydrogens (tertiary/aromatic N) is 3. The lowest BCUT2D eigenvalue weighted by molar-refractivity contribution is -0.122. The number of rotatable bonds is 3. The van der Waals surface area contributed by atoms with E-state index in [1.165, 1.54) is 4.57 Å². The third kappa shape index (κ3) is 3.02. The average molecular weight is 415 g/mol. The van der Waals surface area contributed by atoms with Crippen molar-refractivity contribution in [3.63, 3.8) is 0 Å². The lowest BCUT2D eigenvalue weighted by Gasteiger charge is -2.20. The van der Waals surface area contributed by atoms with Crippen LogP contribution in [0.2, 0.25) is 0 Å². The number of aromatic hydroxyl groups is 1. The maximum atomic E-state index is 12.7. The number of hydrogen-bond donors (Lipinski definition) is 3. The lowest BCUT2D eigenvalue weighted by atomic mass is 10.0. The van der Waals surface area contributed by atoms with Crippen LogP contribution in [0.15, 0.2) is 55.0 Å². The second-order valence-corrected chi connectivity index (χ2v) is 7.17. The van der Waals surface area contributed by atoms with Crippen molar-refractivity contribution in [1.82, 2.24) is 24.6 Å². The van der Waals surface area contributed by atoms with Gasteiger partial charge >= 0.3 is 6.03 Å². The molecule has 4 aromatic rings. The van der Waals surface area contributed by atoms with Crippen LogP contribution >= 0.6 is 0 Å². The number of amides is 3. The number of aromatic nitrogens is 3. The Bertz CT molecular complexity index is 1420. The Morgan fingerprint density at radius 3 is 2.90 bits per heavy atom. The molecule has 0 bridgehead atoms. The van der Waals surface area contributed by atoms with Crippen molar-refractivity contribution in [2.75, 3.05) is 7.11 Å². The second-order valence-electron chi connectivity index (χ2n) is 7.17. The topological polar surface area (TPSA) is 110 Å². The highest BCUT2D eigenvalue weighted by Gasteiger charge is 2.46. The number of benzene rings is 1. The molecular formula is C22H17N5O4. The van der Waals surface area contributed by atoms with Crippen molar-refractivity contribution in [1.29, 1.82) is 0 Å². The molecule has 154 valence electrons. The van der Waals surface area contributed by atoms with E-state index in [2.05, 4.69) is 27.5 Å². The fourth-order valence-corrected chi connectivity index (χ4v) is 3.65. The number of imidazole rings is 1. The summed E-state index contributed by atoms with van der Waals surface area (Å²) in [6.45, 7) is -0.0862. The number of carbonyl (C=O) groups is 2. The van der Waals surface area contributed by atoms with Crippen LogP contribution in [-0.2, 0) is 11.3 Å². The first-order valence-electron chi connectivity index (χ1n) is 9.44. The van der Waals surface area contributed by atoms with Gasteiger partial charge in [-0.2, -0.15) is 0 Å². The largest absolute Gasteiger partial charge is 0.497 e. The summed E-state index contributed by atoms with van der Waals surface area (Å²) in [5.74, 6) is 5.80. The molecule has 0 unspecified atom stereocenters. The van der Waals surface area contributed by atoms with Crippen molar-refractivity contribution in [3.8, 4) is 23.5 Å². The molecule has 0 aliphatic carbocycles. The normalized spacial score (nSPS) is 18.0. The summed E-state index contributed by atoms with van der Waals surface area (Å²) in [7, 11) is 1.54. The molecule has 0 spiro atoms. The van der Waals surface area contributed by atoms with Crippen LogP contribution < -0.4 is 15.4 Å². The number of nitrogens with one attached hydrogen (secondary N) is 2. The number of urea groups is 1. The molecule has 3 amide bonds. The fraction of sp³-hybridized carbons (Fsp3) is 0.136. The molecule has 1 aliphatic heterocycles. The number of carbonyl (C=O) groups excluding carboxylic acids is 2. The van der Waals surface area contributed by atoms with Gasteiger partial charge in [0.15, 0.2) is 5.88 Å². The molecule has 9 nitrogen and oxygen atoms in total. The van der Waals surface area contributed by atoms with Crippen LogP contribution in [0.5, 0.6) is 11.6 Å². The zero-order valence-electron chi connectivity index (χ0n) is 16.4. The monoisotopic (exact) mass is 415 g/mol. The Morgan fingerprint density at radius 2 is 2.13 bits per heavy atom. The molecule has 1 fully saturated rings. The van der Waals surface area contributed by atoms with E-state index in [1.807, 2.05) is 24.4 Å². The van der Waals surface area contributed by atoms with Gasteiger partial charge in [-0.25, -0.2) is 9.78 Å². The van der Waals surface area contributed by atoms with Gasteiger partial charge in [0.05, 0.1) is 19.9 Å². The zero-order valence-corrected chi connectivity index (χ0v) is 16.4. The van der Waals surface area contributed by atoms with E-state index < -0.39 is 17.5 Å². The van der Waals surface area contributed by atoms with E-state index in [0.29, 0.717) is 22.5 Å². The van der Waals surface area contributed by atoms with Crippen molar-refractivity contribution < 1.29 is 19.4 Å². The molecule has 1 saturated heterocycles. The highest BCUT2D eigenvalue weighted by molar-refractivity contribution is 6.09. The van der Waals surface area contributed by atoms with E-state index in [-0.39, 0.29) is 12.4 Å². The van der Waals surface area contributed by atoms with Gasteiger partial charge in [-0.15, -0.1) is 0 Å². The number of hydrogen-bond acceptors (Lipinski definition) is 5. The summed E-state index contributed by atoms with van der Waals surface area (Å²) in [5, 5.41) is 16.9. The predicted octanol–water partition coefficient (Wildman–Crippen LogP) is 1.63. The number of pyridine rings is 1. The van der Waals surface area contributed by atoms with Crippen LogP contribution in [0.4, 0.5) is 4.79 Å². The number of fused-ring (bicyclic) bond motifs is 2. The van der Waals surface area contributed by atoms with Crippen LogP contribution in [0, 0.1) is 11.8 Å². The molecule has 1 atom stereocenters. The summed E-state index contributed by atoms with van der Waals surface area (Å²) in [6, 6.07) is 10.2. The van der Waals surface area contributed by atoms with Gasteiger partial charge in [0.25, 0.3) is 5.91 Å². The maximum absolute atomic E-state index is 12.7. The summed E-state index contributed by atoms with van der Waals surface area (Å²) < 4.78 is 8.48. The van der Waals surface area contributed by atoms with Gasteiger partial charge in [0.1, 0.15) is 17.1 Å². The molecule has 3 N–H and O–H groups in total. The first-order valence-corrected chi connectivity index (χ1v) is 9.44. The Morgan fingerprint density at radius 1 is 1.26 bits per heavy atom. The minimum absolute atomic E-state index is 0.0566. The van der Waals surface area contributed by atoms with E-state index >= 15 is 0 Å². The smallest absolute Gasteiger partial charge is 0.323 e. The van der Waals surface area contributed by atoms with Gasteiger partial charge in [-0.05, 0) is 36.3 Å². The van der Waals surface area contributed by atoms with Gasteiger partial charge in [-0.3, -0.25) is 14.5 Å². The second kappa shape index (κ2) is 6.81. The Kier molecular flexibility index (Phi) is 4.08. The van der Waals surface area contributed by atoms with Crippen molar-refractivity contribution >= 4 is 28.4 Å². The highest BCUT2D eigenvalue weighted by atomic mass is 16.5. The first-order chi connectivity index (χ1) is 15.0.